The van der Waals surface area contributed by atoms with Crippen LogP contribution in [-0.4, -0.2) is 9.97 Å². The van der Waals surface area contributed by atoms with Gasteiger partial charge in [-0.1, -0.05) is 6.07 Å². The van der Waals surface area contributed by atoms with Crippen molar-refractivity contribution in [3.63, 3.8) is 0 Å². The first-order valence-corrected chi connectivity index (χ1v) is 4.75. The van der Waals surface area contributed by atoms with E-state index >= 15 is 0 Å². The van der Waals surface area contributed by atoms with E-state index in [4.69, 9.17) is 0 Å². The number of H-pyrrole nitrogens is 1. The van der Waals surface area contributed by atoms with Crippen LogP contribution in [0.2, 0.25) is 0 Å². The minimum atomic E-state index is -0.0943. The number of aromatic amines is 1. The molecule has 0 radical (unpaired) electrons. The van der Waals surface area contributed by atoms with Crippen molar-refractivity contribution in [1.82, 2.24) is 9.97 Å². The molecule has 2 rings (SSSR count). The number of nitrogens with zero attached hydrogens (tertiary/aromatic N) is 1. The Kier molecular flexibility index (Phi) is 1.98. The molecule has 0 saturated heterocycles. The molecule has 0 saturated carbocycles. The molecule has 1 N–H and O–H groups in total. The number of aryl methyl sites for hydroxylation is 1. The molecular weight excluding hydrogens is 184 g/mol. The van der Waals surface area contributed by atoms with Gasteiger partial charge in [0.15, 0.2) is 0 Å². The van der Waals surface area contributed by atoms with Gasteiger partial charge in [-0.25, -0.2) is 4.98 Å². The molecule has 0 amide bonds. The molecule has 13 heavy (non-hydrogen) atoms. The molecule has 0 atom stereocenters. The van der Waals surface area contributed by atoms with E-state index in [1.54, 1.807) is 17.4 Å². The van der Waals surface area contributed by atoms with Gasteiger partial charge in [0.25, 0.3) is 0 Å². The molecule has 0 spiro atoms. The topological polar surface area (TPSA) is 45.8 Å². The first-order chi connectivity index (χ1) is 6.25. The summed E-state index contributed by atoms with van der Waals surface area (Å²) in [7, 11) is 0. The molecule has 0 unspecified atom stereocenters. The van der Waals surface area contributed by atoms with Gasteiger partial charge in [0.05, 0.1) is 16.4 Å². The minimum absolute atomic E-state index is 0.0943. The van der Waals surface area contributed by atoms with Crippen molar-refractivity contribution in [3.8, 4) is 11.4 Å². The van der Waals surface area contributed by atoms with Gasteiger partial charge in [-0.3, -0.25) is 4.79 Å². The fourth-order valence-corrected chi connectivity index (χ4v) is 1.70. The van der Waals surface area contributed by atoms with Crippen molar-refractivity contribution in [1.29, 1.82) is 0 Å². The lowest BCUT2D eigenvalue weighted by atomic mass is 10.3. The molecule has 2 aromatic rings. The summed E-state index contributed by atoms with van der Waals surface area (Å²) in [4.78, 5) is 18.0. The van der Waals surface area contributed by atoms with Crippen LogP contribution in [0, 0.1) is 6.92 Å². The second kappa shape index (κ2) is 3.14. The van der Waals surface area contributed by atoms with E-state index in [0.29, 0.717) is 0 Å². The van der Waals surface area contributed by atoms with Crippen molar-refractivity contribution in [3.05, 3.63) is 38.9 Å². The molecule has 2 aromatic heterocycles. The number of nitrogens with one attached hydrogen (secondary N) is 1. The average Bonchev–Trinajstić information content (AvgIpc) is 2.52. The summed E-state index contributed by atoms with van der Waals surface area (Å²) in [6, 6.07) is 5.06. The van der Waals surface area contributed by atoms with E-state index < -0.39 is 0 Å². The van der Waals surface area contributed by atoms with Crippen LogP contribution in [0.5, 0.6) is 0 Å². The SMILES string of the molecule is Cc1nc(-c2cccc(=O)[nH]2)cs1. The summed E-state index contributed by atoms with van der Waals surface area (Å²) in [5.41, 5.74) is 1.51. The van der Waals surface area contributed by atoms with Gasteiger partial charge in [-0.15, -0.1) is 11.3 Å². The molecule has 4 heteroatoms. The van der Waals surface area contributed by atoms with E-state index in [0.717, 1.165) is 16.4 Å². The first kappa shape index (κ1) is 8.19. The Hall–Kier alpha value is -1.42. The van der Waals surface area contributed by atoms with Crippen LogP contribution in [0.15, 0.2) is 28.4 Å². The van der Waals surface area contributed by atoms with Crippen LogP contribution in [0.4, 0.5) is 0 Å². The number of hydrogen-bond donors (Lipinski definition) is 1. The summed E-state index contributed by atoms with van der Waals surface area (Å²) < 4.78 is 0. The predicted molar refractivity (Wildman–Crippen MR) is 52.9 cm³/mol. The fourth-order valence-electron chi connectivity index (χ4n) is 1.08. The molecule has 3 nitrogen and oxygen atoms in total. The van der Waals surface area contributed by atoms with E-state index in [-0.39, 0.29) is 5.56 Å². The maximum absolute atomic E-state index is 11.0. The largest absolute Gasteiger partial charge is 0.321 e. The number of thiazole rings is 1. The molecule has 2 heterocycles. The Balaban J connectivity index is 2.52. The predicted octanol–water partition coefficient (Wildman–Crippen LogP) is 1.81. The zero-order valence-corrected chi connectivity index (χ0v) is 7.89. The van der Waals surface area contributed by atoms with Gasteiger partial charge < -0.3 is 4.98 Å². The highest BCUT2D eigenvalue weighted by Gasteiger charge is 2.01. The molecule has 0 fully saturated rings. The molecular formula is C9H8N2OS. The third kappa shape index (κ3) is 1.67. The minimum Gasteiger partial charge on any atom is -0.321 e. The van der Waals surface area contributed by atoms with Gasteiger partial charge >= 0.3 is 0 Å². The number of aromatic nitrogens is 2. The molecule has 66 valence electrons. The van der Waals surface area contributed by atoms with E-state index in [9.17, 15) is 4.79 Å². The van der Waals surface area contributed by atoms with Crippen LogP contribution >= 0.6 is 11.3 Å². The Morgan fingerprint density at radius 2 is 2.31 bits per heavy atom. The molecule has 0 bridgehead atoms. The van der Waals surface area contributed by atoms with Crippen molar-refractivity contribution in [2.75, 3.05) is 0 Å². The lowest BCUT2D eigenvalue weighted by Crippen LogP contribution is -2.03. The van der Waals surface area contributed by atoms with Gasteiger partial charge in [-0.2, -0.15) is 0 Å². The highest BCUT2D eigenvalue weighted by Crippen LogP contribution is 2.17. The maximum Gasteiger partial charge on any atom is 0.248 e. The third-order valence-corrected chi connectivity index (χ3v) is 2.44. The van der Waals surface area contributed by atoms with E-state index in [2.05, 4.69) is 9.97 Å². The van der Waals surface area contributed by atoms with Gasteiger partial charge in [0.2, 0.25) is 5.56 Å². The second-order valence-corrected chi connectivity index (χ2v) is 3.74. The van der Waals surface area contributed by atoms with Crippen molar-refractivity contribution >= 4 is 11.3 Å². The zero-order chi connectivity index (χ0) is 9.26. The van der Waals surface area contributed by atoms with Crippen LogP contribution in [0.25, 0.3) is 11.4 Å². The third-order valence-electron chi connectivity index (χ3n) is 1.66. The average molecular weight is 192 g/mol. The van der Waals surface area contributed by atoms with Crippen molar-refractivity contribution in [2.45, 2.75) is 6.92 Å². The fraction of sp³-hybridized carbons (Fsp3) is 0.111. The quantitative estimate of drug-likeness (QED) is 0.749. The normalized spacial score (nSPS) is 10.2. The molecule has 0 aromatic carbocycles. The molecule has 0 aliphatic rings. The second-order valence-electron chi connectivity index (χ2n) is 2.68. The Bertz CT molecular complexity index is 472. The van der Waals surface area contributed by atoms with Crippen LogP contribution < -0.4 is 5.56 Å². The zero-order valence-electron chi connectivity index (χ0n) is 7.07. The number of hydrogen-bond acceptors (Lipinski definition) is 3. The monoisotopic (exact) mass is 192 g/mol. The van der Waals surface area contributed by atoms with E-state index in [1.807, 2.05) is 18.4 Å². The van der Waals surface area contributed by atoms with Gasteiger partial charge in [0, 0.05) is 11.4 Å². The van der Waals surface area contributed by atoms with Gasteiger partial charge in [-0.05, 0) is 13.0 Å². The summed E-state index contributed by atoms with van der Waals surface area (Å²) >= 11 is 1.57. The maximum atomic E-state index is 11.0. The van der Waals surface area contributed by atoms with E-state index in [1.165, 1.54) is 6.07 Å². The summed E-state index contributed by atoms with van der Waals surface area (Å²) in [6.07, 6.45) is 0. The Labute approximate surface area is 79.1 Å². The summed E-state index contributed by atoms with van der Waals surface area (Å²) in [5.74, 6) is 0. The lowest BCUT2D eigenvalue weighted by Gasteiger charge is -1.93. The first-order valence-electron chi connectivity index (χ1n) is 3.87. The van der Waals surface area contributed by atoms with Gasteiger partial charge in [0.1, 0.15) is 0 Å². The standard InChI is InChI=1S/C9H8N2OS/c1-6-10-8(5-13-6)7-3-2-4-9(12)11-7/h2-5H,1H3,(H,11,12). The van der Waals surface area contributed by atoms with Crippen molar-refractivity contribution in [2.24, 2.45) is 0 Å². The summed E-state index contributed by atoms with van der Waals surface area (Å²) in [6.45, 7) is 1.94. The van der Waals surface area contributed by atoms with Crippen LogP contribution in [-0.2, 0) is 0 Å². The van der Waals surface area contributed by atoms with Crippen molar-refractivity contribution < 1.29 is 0 Å². The smallest absolute Gasteiger partial charge is 0.248 e. The highest BCUT2D eigenvalue weighted by molar-refractivity contribution is 7.09. The molecule has 0 aliphatic carbocycles. The Morgan fingerprint density at radius 1 is 1.46 bits per heavy atom. The number of rotatable bonds is 1. The highest BCUT2D eigenvalue weighted by atomic mass is 32.1. The summed E-state index contributed by atoms with van der Waals surface area (Å²) in [5, 5.41) is 2.93. The van der Waals surface area contributed by atoms with Crippen LogP contribution in [0.1, 0.15) is 5.01 Å². The Morgan fingerprint density at radius 3 is 2.92 bits per heavy atom. The van der Waals surface area contributed by atoms with Crippen LogP contribution in [0.3, 0.4) is 0 Å². The lowest BCUT2D eigenvalue weighted by molar-refractivity contribution is 1.20. The number of pyridine rings is 1. The molecule has 0 aliphatic heterocycles.